The lowest BCUT2D eigenvalue weighted by atomic mass is 10.1. The molecule has 6 nitrogen and oxygen atoms in total. The first-order valence-electron chi connectivity index (χ1n) is 8.43. The number of amides is 1. The lowest BCUT2D eigenvalue weighted by Crippen LogP contribution is -2.41. The normalized spacial score (nSPS) is 17.9. The van der Waals surface area contributed by atoms with Crippen molar-refractivity contribution >= 4 is 27.5 Å². The first-order valence-corrected chi connectivity index (χ1v) is 10.7. The highest BCUT2D eigenvalue weighted by molar-refractivity contribution is 7.88. The molecule has 1 N–H and O–H groups in total. The number of carbonyl (C=O) groups excluding carboxylic acids is 1. The SMILES string of the molecule is CCC(C)NC(=O)c1ccc(OC2CCN(S(C)(=O)=O)CC2)c(Cl)c1. The summed E-state index contributed by atoms with van der Waals surface area (Å²) in [5, 5.41) is 3.27. The van der Waals surface area contributed by atoms with Gasteiger partial charge in [-0.25, -0.2) is 12.7 Å². The van der Waals surface area contributed by atoms with Crippen LogP contribution in [0.3, 0.4) is 0 Å². The summed E-state index contributed by atoms with van der Waals surface area (Å²) in [7, 11) is -3.15. The highest BCUT2D eigenvalue weighted by Crippen LogP contribution is 2.28. The predicted molar refractivity (Wildman–Crippen MR) is 98.7 cm³/mol. The van der Waals surface area contributed by atoms with Gasteiger partial charge in [0.2, 0.25) is 10.0 Å². The number of nitrogens with one attached hydrogen (secondary N) is 1. The third kappa shape index (κ3) is 5.59. The number of piperidine rings is 1. The van der Waals surface area contributed by atoms with E-state index >= 15 is 0 Å². The highest BCUT2D eigenvalue weighted by Gasteiger charge is 2.26. The van der Waals surface area contributed by atoms with Crippen LogP contribution in [0.15, 0.2) is 18.2 Å². The first kappa shape index (κ1) is 20.0. The average Bonchev–Trinajstić information content (AvgIpc) is 2.56. The Bertz CT molecular complexity index is 715. The van der Waals surface area contributed by atoms with Crippen molar-refractivity contribution in [3.05, 3.63) is 28.8 Å². The Labute approximate surface area is 154 Å². The monoisotopic (exact) mass is 388 g/mol. The second-order valence-corrected chi connectivity index (χ2v) is 8.80. The van der Waals surface area contributed by atoms with Crippen molar-refractivity contribution in [1.29, 1.82) is 0 Å². The summed E-state index contributed by atoms with van der Waals surface area (Å²) in [5.74, 6) is 0.351. The van der Waals surface area contributed by atoms with Crippen LogP contribution in [-0.4, -0.2) is 50.1 Å². The van der Waals surface area contributed by atoms with E-state index in [1.165, 1.54) is 10.6 Å². The Hall–Kier alpha value is -1.31. The van der Waals surface area contributed by atoms with Gasteiger partial charge in [0, 0.05) is 24.7 Å². The maximum atomic E-state index is 12.1. The van der Waals surface area contributed by atoms with Crippen molar-refractivity contribution in [3.8, 4) is 5.75 Å². The Kier molecular flexibility index (Phi) is 6.71. The Morgan fingerprint density at radius 1 is 1.40 bits per heavy atom. The molecule has 1 saturated heterocycles. The van der Waals surface area contributed by atoms with Gasteiger partial charge in [-0.3, -0.25) is 4.79 Å². The molecule has 0 aromatic heterocycles. The van der Waals surface area contributed by atoms with E-state index in [-0.39, 0.29) is 18.1 Å². The molecule has 1 aromatic rings. The minimum absolute atomic E-state index is 0.0877. The molecule has 0 spiro atoms. The minimum atomic E-state index is -3.15. The smallest absolute Gasteiger partial charge is 0.251 e. The Morgan fingerprint density at radius 3 is 2.56 bits per heavy atom. The second-order valence-electron chi connectivity index (χ2n) is 6.41. The standard InChI is InChI=1S/C17H25ClN2O4S/c1-4-12(2)19-17(21)13-5-6-16(15(18)11-13)24-14-7-9-20(10-8-14)25(3,22)23/h5-6,11-12,14H,4,7-10H2,1-3H3,(H,19,21). The van der Waals surface area contributed by atoms with E-state index in [1.807, 2.05) is 13.8 Å². The largest absolute Gasteiger partial charge is 0.489 e. The molecular weight excluding hydrogens is 364 g/mol. The summed E-state index contributed by atoms with van der Waals surface area (Å²) >= 11 is 6.25. The predicted octanol–water partition coefficient (Wildman–Crippen LogP) is 2.67. The average molecular weight is 389 g/mol. The van der Waals surface area contributed by atoms with Crippen LogP contribution < -0.4 is 10.1 Å². The van der Waals surface area contributed by atoms with Gasteiger partial charge in [0.15, 0.2) is 0 Å². The summed E-state index contributed by atoms with van der Waals surface area (Å²) in [5.41, 5.74) is 0.490. The zero-order valence-corrected chi connectivity index (χ0v) is 16.4. The highest BCUT2D eigenvalue weighted by atomic mass is 35.5. The van der Waals surface area contributed by atoms with Crippen molar-refractivity contribution in [2.75, 3.05) is 19.3 Å². The van der Waals surface area contributed by atoms with Crippen molar-refractivity contribution in [3.63, 3.8) is 0 Å². The van der Waals surface area contributed by atoms with E-state index in [9.17, 15) is 13.2 Å². The molecule has 1 aliphatic rings. The molecule has 2 rings (SSSR count). The molecule has 0 saturated carbocycles. The number of carbonyl (C=O) groups is 1. The van der Waals surface area contributed by atoms with Crippen LogP contribution in [0.25, 0.3) is 0 Å². The summed E-state index contributed by atoms with van der Waals surface area (Å²) in [4.78, 5) is 12.1. The fourth-order valence-electron chi connectivity index (χ4n) is 2.61. The number of halogens is 1. The summed E-state index contributed by atoms with van der Waals surface area (Å²) in [6, 6.07) is 5.07. The number of sulfonamides is 1. The maximum absolute atomic E-state index is 12.1. The fourth-order valence-corrected chi connectivity index (χ4v) is 3.71. The Balaban J connectivity index is 1.97. The van der Waals surface area contributed by atoms with Crippen LogP contribution in [0.1, 0.15) is 43.5 Å². The van der Waals surface area contributed by atoms with Gasteiger partial charge >= 0.3 is 0 Å². The number of rotatable bonds is 6. The second kappa shape index (κ2) is 8.38. The fraction of sp³-hybridized carbons (Fsp3) is 0.588. The molecule has 25 heavy (non-hydrogen) atoms. The first-order chi connectivity index (χ1) is 11.7. The van der Waals surface area contributed by atoms with Gasteiger partial charge in [-0.2, -0.15) is 0 Å². The van der Waals surface area contributed by atoms with E-state index in [0.29, 0.717) is 42.3 Å². The van der Waals surface area contributed by atoms with E-state index in [2.05, 4.69) is 5.32 Å². The molecule has 1 amide bonds. The molecule has 1 heterocycles. The van der Waals surface area contributed by atoms with Gasteiger partial charge in [-0.1, -0.05) is 18.5 Å². The zero-order chi connectivity index (χ0) is 18.6. The minimum Gasteiger partial charge on any atom is -0.489 e. The van der Waals surface area contributed by atoms with Gasteiger partial charge in [-0.15, -0.1) is 0 Å². The lowest BCUT2D eigenvalue weighted by molar-refractivity contribution is 0.0939. The zero-order valence-electron chi connectivity index (χ0n) is 14.8. The van der Waals surface area contributed by atoms with Crippen LogP contribution >= 0.6 is 11.6 Å². The van der Waals surface area contributed by atoms with E-state index in [4.69, 9.17) is 16.3 Å². The topological polar surface area (TPSA) is 75.7 Å². The van der Waals surface area contributed by atoms with Crippen molar-refractivity contribution < 1.29 is 17.9 Å². The number of ether oxygens (including phenoxy) is 1. The molecule has 1 aromatic carbocycles. The summed E-state index contributed by atoms with van der Waals surface area (Å²) < 4.78 is 30.4. The van der Waals surface area contributed by atoms with Crippen molar-refractivity contribution in [1.82, 2.24) is 9.62 Å². The van der Waals surface area contributed by atoms with Crippen molar-refractivity contribution in [2.24, 2.45) is 0 Å². The third-order valence-electron chi connectivity index (χ3n) is 4.35. The molecule has 1 aliphatic heterocycles. The van der Waals surface area contributed by atoms with E-state index < -0.39 is 10.0 Å². The molecule has 140 valence electrons. The van der Waals surface area contributed by atoms with Gasteiger partial charge in [0.25, 0.3) is 5.91 Å². The van der Waals surface area contributed by atoms with Gasteiger partial charge in [0.1, 0.15) is 11.9 Å². The molecule has 1 atom stereocenters. The molecular formula is C17H25ClN2O4S. The van der Waals surface area contributed by atoms with Crippen LogP contribution in [0, 0.1) is 0 Å². The summed E-state index contributed by atoms with van der Waals surface area (Å²) in [6.07, 6.45) is 3.20. The van der Waals surface area contributed by atoms with Gasteiger partial charge in [0.05, 0.1) is 11.3 Å². The van der Waals surface area contributed by atoms with Gasteiger partial charge < -0.3 is 10.1 Å². The van der Waals surface area contributed by atoms with Crippen LogP contribution in [0.4, 0.5) is 0 Å². The number of hydrogen-bond donors (Lipinski definition) is 1. The van der Waals surface area contributed by atoms with Crippen LogP contribution in [0.5, 0.6) is 5.75 Å². The third-order valence-corrected chi connectivity index (χ3v) is 5.95. The van der Waals surface area contributed by atoms with E-state index in [0.717, 1.165) is 6.42 Å². The number of benzene rings is 1. The molecule has 0 aliphatic carbocycles. The molecule has 0 radical (unpaired) electrons. The Morgan fingerprint density at radius 2 is 2.04 bits per heavy atom. The number of hydrogen-bond acceptors (Lipinski definition) is 4. The van der Waals surface area contributed by atoms with Gasteiger partial charge in [-0.05, 0) is 44.4 Å². The quantitative estimate of drug-likeness (QED) is 0.812. The van der Waals surface area contributed by atoms with Crippen LogP contribution in [0.2, 0.25) is 5.02 Å². The molecule has 1 unspecified atom stereocenters. The summed E-state index contributed by atoms with van der Waals surface area (Å²) in [6.45, 7) is 4.83. The molecule has 1 fully saturated rings. The molecule has 8 heteroatoms. The number of nitrogens with zero attached hydrogens (tertiary/aromatic N) is 1. The lowest BCUT2D eigenvalue weighted by Gasteiger charge is -2.30. The van der Waals surface area contributed by atoms with Crippen molar-refractivity contribution in [2.45, 2.75) is 45.3 Å². The molecule has 0 bridgehead atoms. The van der Waals surface area contributed by atoms with Crippen LogP contribution in [-0.2, 0) is 10.0 Å². The maximum Gasteiger partial charge on any atom is 0.251 e. The van der Waals surface area contributed by atoms with E-state index in [1.54, 1.807) is 18.2 Å².